The molecule has 0 saturated heterocycles. The van der Waals surface area contributed by atoms with Gasteiger partial charge in [-0.25, -0.2) is 4.39 Å². The highest BCUT2D eigenvalue weighted by Crippen LogP contribution is 2.17. The molecule has 0 unspecified atom stereocenters. The third-order valence-electron chi connectivity index (χ3n) is 2.47. The molecule has 0 aliphatic rings. The van der Waals surface area contributed by atoms with Crippen LogP contribution in [-0.4, -0.2) is 10.9 Å². The second-order valence-electron chi connectivity index (χ2n) is 4.53. The monoisotopic (exact) mass is 268 g/mol. The molecule has 3 N–H and O–H groups in total. The predicted molar refractivity (Wildman–Crippen MR) is 75.0 cm³/mol. The summed E-state index contributed by atoms with van der Waals surface area (Å²) in [6, 6.07) is 3.96. The van der Waals surface area contributed by atoms with Crippen LogP contribution in [0.3, 0.4) is 0 Å². The van der Waals surface area contributed by atoms with Crippen LogP contribution in [0.4, 0.5) is 10.1 Å². The second-order valence-corrected chi connectivity index (χ2v) is 4.97. The molecule has 0 aliphatic carbocycles. The zero-order chi connectivity index (χ0) is 13.7. The minimum Gasteiger partial charge on any atom is -0.389 e. The number of halogens is 1. The minimum absolute atomic E-state index is 0.0636. The molecule has 3 nitrogen and oxygen atoms in total. The topological polar surface area (TPSA) is 55.1 Å². The molecule has 0 aliphatic heterocycles. The Hall–Kier alpha value is -1.49. The minimum atomic E-state index is -0.432. The molecule has 0 saturated carbocycles. The molecular weight excluding hydrogens is 251 g/mol. The number of carbonyl (C=O) groups excluding carboxylic acids is 1. The average Bonchev–Trinajstić information content (AvgIpc) is 2.28. The van der Waals surface area contributed by atoms with Crippen molar-refractivity contribution in [1.82, 2.24) is 0 Å². The second kappa shape index (κ2) is 6.44. The highest BCUT2D eigenvalue weighted by molar-refractivity contribution is 7.80. The van der Waals surface area contributed by atoms with Crippen LogP contribution in [0.1, 0.15) is 32.3 Å². The molecule has 0 spiro atoms. The molecule has 0 atom stereocenters. The average molecular weight is 268 g/mol. The van der Waals surface area contributed by atoms with Crippen molar-refractivity contribution in [3.63, 3.8) is 0 Å². The Morgan fingerprint density at radius 2 is 2.17 bits per heavy atom. The summed E-state index contributed by atoms with van der Waals surface area (Å²) < 4.78 is 13.1. The van der Waals surface area contributed by atoms with E-state index in [9.17, 15) is 9.18 Å². The van der Waals surface area contributed by atoms with Gasteiger partial charge in [0.15, 0.2) is 0 Å². The molecule has 18 heavy (non-hydrogen) atoms. The number of carbonyl (C=O) groups is 1. The zero-order valence-corrected chi connectivity index (χ0v) is 11.3. The van der Waals surface area contributed by atoms with Crippen LogP contribution < -0.4 is 11.1 Å². The number of amides is 1. The lowest BCUT2D eigenvalue weighted by Gasteiger charge is -2.11. The first-order valence-corrected chi connectivity index (χ1v) is 6.20. The van der Waals surface area contributed by atoms with E-state index >= 15 is 0 Å². The van der Waals surface area contributed by atoms with Crippen LogP contribution >= 0.6 is 12.2 Å². The van der Waals surface area contributed by atoms with Gasteiger partial charge in [-0.05, 0) is 30.5 Å². The standard InChI is InChI=1S/C13H17FN2OS/c1-8(2)3-6-12(17)16-11-5-4-9(14)7-10(11)13(15)18/h4-5,7-8H,3,6H2,1-2H3,(H2,15,18)(H,16,17). The lowest BCUT2D eigenvalue weighted by Crippen LogP contribution is -2.18. The maximum atomic E-state index is 13.1. The molecule has 5 heteroatoms. The van der Waals surface area contributed by atoms with Gasteiger partial charge < -0.3 is 11.1 Å². The summed E-state index contributed by atoms with van der Waals surface area (Å²) in [4.78, 5) is 11.8. The Morgan fingerprint density at radius 3 is 2.72 bits per heavy atom. The van der Waals surface area contributed by atoms with E-state index in [1.807, 2.05) is 13.8 Å². The first-order chi connectivity index (χ1) is 8.40. The Labute approximate surface area is 112 Å². The zero-order valence-electron chi connectivity index (χ0n) is 10.5. The van der Waals surface area contributed by atoms with Crippen molar-refractivity contribution in [1.29, 1.82) is 0 Å². The Kier molecular flexibility index (Phi) is 5.22. The van der Waals surface area contributed by atoms with Gasteiger partial charge in [-0.15, -0.1) is 0 Å². The summed E-state index contributed by atoms with van der Waals surface area (Å²) in [5, 5.41) is 2.70. The molecule has 1 rings (SSSR count). The van der Waals surface area contributed by atoms with Crippen molar-refractivity contribution in [2.24, 2.45) is 11.7 Å². The van der Waals surface area contributed by atoms with Crippen molar-refractivity contribution in [2.45, 2.75) is 26.7 Å². The highest BCUT2D eigenvalue weighted by Gasteiger charge is 2.10. The van der Waals surface area contributed by atoms with Crippen LogP contribution in [0.2, 0.25) is 0 Å². The summed E-state index contributed by atoms with van der Waals surface area (Å²) >= 11 is 4.83. The maximum Gasteiger partial charge on any atom is 0.224 e. The summed E-state index contributed by atoms with van der Waals surface area (Å²) in [7, 11) is 0. The quantitative estimate of drug-likeness (QED) is 0.807. The fourth-order valence-corrected chi connectivity index (χ4v) is 1.63. The summed E-state index contributed by atoms with van der Waals surface area (Å²) in [5.74, 6) is -0.0928. The molecule has 0 aromatic heterocycles. The summed E-state index contributed by atoms with van der Waals surface area (Å²) in [5.41, 5.74) is 6.30. The van der Waals surface area contributed by atoms with Gasteiger partial charge in [0.25, 0.3) is 0 Å². The van der Waals surface area contributed by atoms with E-state index in [2.05, 4.69) is 5.32 Å². The van der Waals surface area contributed by atoms with Crippen LogP contribution in [0, 0.1) is 11.7 Å². The van der Waals surface area contributed by atoms with Crippen LogP contribution in [0.15, 0.2) is 18.2 Å². The largest absolute Gasteiger partial charge is 0.389 e. The van der Waals surface area contributed by atoms with Crippen molar-refractivity contribution in [3.05, 3.63) is 29.6 Å². The number of hydrogen-bond donors (Lipinski definition) is 2. The number of hydrogen-bond acceptors (Lipinski definition) is 2. The molecule has 1 amide bonds. The van der Waals surface area contributed by atoms with Gasteiger partial charge in [0, 0.05) is 12.0 Å². The Morgan fingerprint density at radius 1 is 1.50 bits per heavy atom. The molecular formula is C13H17FN2OS. The van der Waals surface area contributed by atoms with Gasteiger partial charge in [-0.1, -0.05) is 26.1 Å². The molecule has 0 radical (unpaired) electrons. The van der Waals surface area contributed by atoms with E-state index in [0.717, 1.165) is 6.42 Å². The van der Waals surface area contributed by atoms with Crippen LogP contribution in [0.5, 0.6) is 0 Å². The van der Waals surface area contributed by atoms with Gasteiger partial charge in [0.2, 0.25) is 5.91 Å². The van der Waals surface area contributed by atoms with Crippen molar-refractivity contribution in [3.8, 4) is 0 Å². The highest BCUT2D eigenvalue weighted by atomic mass is 32.1. The Balaban J connectivity index is 2.78. The molecule has 0 fully saturated rings. The molecule has 1 aromatic carbocycles. The number of thiocarbonyl (C=S) groups is 1. The van der Waals surface area contributed by atoms with Crippen molar-refractivity contribution in [2.75, 3.05) is 5.32 Å². The smallest absolute Gasteiger partial charge is 0.224 e. The number of benzene rings is 1. The number of nitrogens with one attached hydrogen (secondary N) is 1. The summed E-state index contributed by atoms with van der Waals surface area (Å²) in [6.07, 6.45) is 1.22. The Bertz CT molecular complexity index is 460. The van der Waals surface area contributed by atoms with Crippen LogP contribution in [0.25, 0.3) is 0 Å². The van der Waals surface area contributed by atoms with E-state index in [0.29, 0.717) is 23.6 Å². The van der Waals surface area contributed by atoms with E-state index in [4.69, 9.17) is 18.0 Å². The van der Waals surface area contributed by atoms with Gasteiger partial charge in [-0.2, -0.15) is 0 Å². The van der Waals surface area contributed by atoms with Crippen molar-refractivity contribution >= 4 is 28.8 Å². The normalized spacial score (nSPS) is 10.4. The fraction of sp³-hybridized carbons (Fsp3) is 0.385. The third kappa shape index (κ3) is 4.41. The predicted octanol–water partition coefficient (Wildman–Crippen LogP) is 2.83. The molecule has 0 heterocycles. The van der Waals surface area contributed by atoms with E-state index in [-0.39, 0.29) is 10.9 Å². The molecule has 98 valence electrons. The van der Waals surface area contributed by atoms with Crippen LogP contribution in [-0.2, 0) is 4.79 Å². The SMILES string of the molecule is CC(C)CCC(=O)Nc1ccc(F)cc1C(N)=S. The van der Waals surface area contributed by atoms with Gasteiger partial charge in [-0.3, -0.25) is 4.79 Å². The van der Waals surface area contributed by atoms with E-state index < -0.39 is 5.82 Å². The summed E-state index contributed by atoms with van der Waals surface area (Å²) in [6.45, 7) is 4.09. The fourth-order valence-electron chi connectivity index (χ4n) is 1.46. The molecule has 0 bridgehead atoms. The first-order valence-electron chi connectivity index (χ1n) is 5.79. The van der Waals surface area contributed by atoms with E-state index in [1.54, 1.807) is 0 Å². The van der Waals surface area contributed by atoms with E-state index in [1.165, 1.54) is 18.2 Å². The lowest BCUT2D eigenvalue weighted by molar-refractivity contribution is -0.116. The first kappa shape index (κ1) is 14.6. The van der Waals surface area contributed by atoms with Crippen molar-refractivity contribution < 1.29 is 9.18 Å². The molecule has 1 aromatic rings. The van der Waals surface area contributed by atoms with Gasteiger partial charge in [0.1, 0.15) is 10.8 Å². The number of nitrogens with two attached hydrogens (primary N) is 1. The number of rotatable bonds is 5. The van der Waals surface area contributed by atoms with Gasteiger partial charge >= 0.3 is 0 Å². The third-order valence-corrected chi connectivity index (χ3v) is 2.69. The maximum absolute atomic E-state index is 13.1. The van der Waals surface area contributed by atoms with Gasteiger partial charge in [0.05, 0.1) is 5.69 Å². The lowest BCUT2D eigenvalue weighted by atomic mass is 10.1. The number of anilines is 1.